The summed E-state index contributed by atoms with van der Waals surface area (Å²) in [6, 6.07) is 0. The number of hydrogen-bond donors (Lipinski definition) is 1. The van der Waals surface area contributed by atoms with Crippen LogP contribution in [0, 0.1) is 5.95 Å². The molecule has 0 aliphatic carbocycles. The van der Waals surface area contributed by atoms with E-state index in [9.17, 15) is 4.39 Å². The Hall–Kier alpha value is -1.52. The first-order valence-corrected chi connectivity index (χ1v) is 2.67. The van der Waals surface area contributed by atoms with Gasteiger partial charge in [-0.15, -0.1) is 0 Å². The normalized spacial score (nSPS) is 10.5. The van der Waals surface area contributed by atoms with Gasteiger partial charge in [0.2, 0.25) is 5.95 Å². The van der Waals surface area contributed by atoms with Crippen molar-refractivity contribution in [2.45, 2.75) is 0 Å². The van der Waals surface area contributed by atoms with Gasteiger partial charge in [-0.25, -0.2) is 15.0 Å². The highest BCUT2D eigenvalue weighted by molar-refractivity contribution is 5.68. The summed E-state index contributed by atoms with van der Waals surface area (Å²) in [7, 11) is 0. The van der Waals surface area contributed by atoms with Crippen LogP contribution in [0.5, 0.6) is 0 Å². The summed E-state index contributed by atoms with van der Waals surface area (Å²) in [5.74, 6) is -0.567. The maximum absolute atomic E-state index is 12.6. The molecular formula is C5H3FN4. The molecule has 0 saturated heterocycles. The van der Waals surface area contributed by atoms with Crippen LogP contribution in [0.2, 0.25) is 0 Å². The second-order valence-electron chi connectivity index (χ2n) is 1.77. The van der Waals surface area contributed by atoms with Crippen LogP contribution in [0.15, 0.2) is 12.7 Å². The zero-order valence-electron chi connectivity index (χ0n) is 4.87. The standard InChI is InChI=1S/C5H3FN4/c6-4-3-5(9-1-7-3)10-2-8-4/h1-2H,(H,7,8,9,10)/i6-1. The summed E-state index contributed by atoms with van der Waals surface area (Å²) < 4.78 is 12.6. The van der Waals surface area contributed by atoms with Gasteiger partial charge in [-0.2, -0.15) is 4.39 Å². The minimum absolute atomic E-state index is 0.252. The number of nitrogens with one attached hydrogen (secondary N) is 1. The van der Waals surface area contributed by atoms with Crippen LogP contribution < -0.4 is 0 Å². The topological polar surface area (TPSA) is 54.5 Å². The third-order valence-corrected chi connectivity index (χ3v) is 1.18. The number of nitrogens with zero attached hydrogens (tertiary/aromatic N) is 3. The average molecular weight is 137 g/mol. The molecule has 2 aromatic rings. The molecule has 50 valence electrons. The van der Waals surface area contributed by atoms with E-state index >= 15 is 0 Å². The first kappa shape index (κ1) is 5.28. The number of aromatic amines is 1. The number of imidazole rings is 1. The molecule has 0 saturated carbocycles. The zero-order chi connectivity index (χ0) is 6.97. The smallest absolute Gasteiger partial charge is 0.242 e. The largest absolute Gasteiger partial charge is 0.339 e. The summed E-state index contributed by atoms with van der Waals surface area (Å²) in [4.78, 5) is 13.3. The first-order valence-electron chi connectivity index (χ1n) is 2.67. The van der Waals surface area contributed by atoms with E-state index in [1.807, 2.05) is 0 Å². The van der Waals surface area contributed by atoms with Gasteiger partial charge in [-0.1, -0.05) is 0 Å². The van der Waals surface area contributed by atoms with Crippen molar-refractivity contribution >= 4 is 11.2 Å². The van der Waals surface area contributed by atoms with Crippen LogP contribution >= 0.6 is 0 Å². The van der Waals surface area contributed by atoms with Crippen molar-refractivity contribution in [3.63, 3.8) is 0 Å². The van der Waals surface area contributed by atoms with Gasteiger partial charge in [-0.3, -0.25) is 0 Å². The van der Waals surface area contributed by atoms with Crippen LogP contribution in [0.4, 0.5) is 4.39 Å². The molecule has 2 aromatic heterocycles. The molecule has 0 amide bonds. The first-order chi connectivity index (χ1) is 4.88. The fraction of sp³-hybridized carbons (Fsp3) is 0. The molecular weight excluding hydrogens is 134 g/mol. The highest BCUT2D eigenvalue weighted by atomic mass is 18.2. The fourth-order valence-corrected chi connectivity index (χ4v) is 0.736. The Bertz CT molecular complexity index is 355. The molecule has 0 spiro atoms. The predicted octanol–water partition coefficient (Wildman–Crippen LogP) is 0.492. The van der Waals surface area contributed by atoms with E-state index in [4.69, 9.17) is 0 Å². The van der Waals surface area contributed by atoms with E-state index in [0.717, 1.165) is 6.33 Å². The van der Waals surface area contributed by atoms with Gasteiger partial charge in [0.25, 0.3) is 0 Å². The third-order valence-electron chi connectivity index (χ3n) is 1.18. The summed E-state index contributed by atoms with van der Waals surface area (Å²) >= 11 is 0. The highest BCUT2D eigenvalue weighted by Crippen LogP contribution is 2.05. The molecule has 0 aromatic carbocycles. The number of halogens is 1. The number of aromatic nitrogens is 4. The maximum atomic E-state index is 12.6. The van der Waals surface area contributed by atoms with E-state index in [0.29, 0.717) is 5.65 Å². The molecule has 0 aliphatic heterocycles. The lowest BCUT2D eigenvalue weighted by molar-refractivity contribution is 0.591. The van der Waals surface area contributed by atoms with Gasteiger partial charge >= 0.3 is 0 Å². The molecule has 0 unspecified atom stereocenters. The minimum atomic E-state index is -0.567. The van der Waals surface area contributed by atoms with Crippen molar-refractivity contribution in [1.82, 2.24) is 19.9 Å². The monoisotopic (exact) mass is 137 g/mol. The Labute approximate surface area is 55.1 Å². The second kappa shape index (κ2) is 1.73. The Morgan fingerprint density at radius 3 is 3.00 bits per heavy atom. The lowest BCUT2D eigenvalue weighted by Gasteiger charge is -1.85. The van der Waals surface area contributed by atoms with E-state index in [1.165, 1.54) is 6.33 Å². The average Bonchev–Trinajstić information content (AvgIpc) is 2.36. The number of H-pyrrole nitrogens is 1. The zero-order valence-corrected chi connectivity index (χ0v) is 4.87. The molecule has 0 aliphatic rings. The fourth-order valence-electron chi connectivity index (χ4n) is 0.736. The summed E-state index contributed by atoms with van der Waals surface area (Å²) in [6.07, 6.45) is 2.51. The highest BCUT2D eigenvalue weighted by Gasteiger charge is 2.02. The second-order valence-corrected chi connectivity index (χ2v) is 1.77. The molecule has 5 heteroatoms. The quantitative estimate of drug-likeness (QED) is 0.537. The summed E-state index contributed by atoms with van der Waals surface area (Å²) in [6.45, 7) is 0. The van der Waals surface area contributed by atoms with Crippen LogP contribution in [0.25, 0.3) is 11.2 Å². The molecule has 1 N–H and O–H groups in total. The SMILES string of the molecule is [18F]c1ncnc2nc[nH]c12. The van der Waals surface area contributed by atoms with Crippen molar-refractivity contribution < 1.29 is 4.39 Å². The molecule has 2 rings (SSSR count). The number of fused-ring (bicyclic) bond motifs is 1. The molecule has 2 heterocycles. The van der Waals surface area contributed by atoms with Crippen LogP contribution in [-0.4, -0.2) is 19.9 Å². The Balaban J connectivity index is 2.95. The lowest BCUT2D eigenvalue weighted by atomic mass is 10.5. The maximum Gasteiger partial charge on any atom is 0.242 e. The summed E-state index contributed by atoms with van der Waals surface area (Å²) in [5, 5.41) is 0. The van der Waals surface area contributed by atoms with Gasteiger partial charge in [0.15, 0.2) is 5.65 Å². The van der Waals surface area contributed by atoms with Crippen molar-refractivity contribution in [2.24, 2.45) is 0 Å². The van der Waals surface area contributed by atoms with Gasteiger partial charge in [0.1, 0.15) is 11.8 Å². The van der Waals surface area contributed by atoms with Gasteiger partial charge in [0, 0.05) is 0 Å². The van der Waals surface area contributed by atoms with Gasteiger partial charge in [-0.05, 0) is 0 Å². The van der Waals surface area contributed by atoms with Crippen molar-refractivity contribution in [3.8, 4) is 0 Å². The van der Waals surface area contributed by atoms with E-state index in [1.54, 1.807) is 0 Å². The van der Waals surface area contributed by atoms with Crippen LogP contribution in [0.3, 0.4) is 0 Å². The van der Waals surface area contributed by atoms with Gasteiger partial charge < -0.3 is 4.98 Å². The Morgan fingerprint density at radius 1 is 1.30 bits per heavy atom. The van der Waals surface area contributed by atoms with E-state index in [2.05, 4.69) is 19.9 Å². The van der Waals surface area contributed by atoms with Crippen LogP contribution in [0.1, 0.15) is 0 Å². The molecule has 0 atom stereocenters. The van der Waals surface area contributed by atoms with Crippen molar-refractivity contribution in [2.75, 3.05) is 0 Å². The van der Waals surface area contributed by atoms with Crippen LogP contribution in [-0.2, 0) is 0 Å². The molecule has 0 radical (unpaired) electrons. The summed E-state index contributed by atoms with van der Waals surface area (Å²) in [5.41, 5.74) is 0.606. The molecule has 10 heavy (non-hydrogen) atoms. The number of hydrogen-bond acceptors (Lipinski definition) is 3. The molecule has 0 bridgehead atoms. The third kappa shape index (κ3) is 0.570. The Kier molecular flexibility index (Phi) is 0.913. The Morgan fingerprint density at radius 2 is 2.20 bits per heavy atom. The van der Waals surface area contributed by atoms with Gasteiger partial charge in [0.05, 0.1) is 6.33 Å². The number of rotatable bonds is 0. The molecule has 4 nitrogen and oxygen atoms in total. The molecule has 0 fully saturated rings. The van der Waals surface area contributed by atoms with Crippen molar-refractivity contribution in [3.05, 3.63) is 18.6 Å². The lowest BCUT2D eigenvalue weighted by Crippen LogP contribution is -1.85. The predicted molar refractivity (Wildman–Crippen MR) is 31.6 cm³/mol. The minimum Gasteiger partial charge on any atom is -0.339 e. The van der Waals surface area contributed by atoms with Crippen molar-refractivity contribution in [1.29, 1.82) is 0 Å². The van der Waals surface area contributed by atoms with E-state index < -0.39 is 5.95 Å². The van der Waals surface area contributed by atoms with E-state index in [-0.39, 0.29) is 5.52 Å².